The van der Waals surface area contributed by atoms with Crippen LogP contribution in [0.4, 0.5) is 10.1 Å². The van der Waals surface area contributed by atoms with E-state index in [-0.39, 0.29) is 11.3 Å². The highest BCUT2D eigenvalue weighted by atomic mass is 19.1. The Morgan fingerprint density at radius 2 is 2.17 bits per heavy atom. The number of hydrogen-bond donors (Lipinski definition) is 2. The first-order valence-corrected chi connectivity index (χ1v) is 5.59. The first kappa shape index (κ1) is 12.3. The number of rotatable bonds is 2. The van der Waals surface area contributed by atoms with Crippen molar-refractivity contribution < 1.29 is 19.1 Å². The van der Waals surface area contributed by atoms with Crippen LogP contribution in [0.15, 0.2) is 18.2 Å². The molecule has 0 spiro atoms. The SMILES string of the molecule is Nc1ccc(C(=O)N2CCC[C@H]2C(=O)O)cc1F. The van der Waals surface area contributed by atoms with Crippen LogP contribution in [0.25, 0.3) is 0 Å². The minimum atomic E-state index is -1.03. The molecule has 1 fully saturated rings. The summed E-state index contributed by atoms with van der Waals surface area (Å²) in [5.74, 6) is -2.18. The van der Waals surface area contributed by atoms with E-state index in [4.69, 9.17) is 10.8 Å². The standard InChI is InChI=1S/C12H13FN2O3/c13-8-6-7(3-4-9(8)14)11(16)15-5-1-2-10(15)12(17)18/h3-4,6,10H,1-2,5,14H2,(H,17,18)/t10-/m0/s1. The van der Waals surface area contributed by atoms with E-state index in [0.29, 0.717) is 19.4 Å². The third kappa shape index (κ3) is 2.13. The maximum atomic E-state index is 13.3. The summed E-state index contributed by atoms with van der Waals surface area (Å²) >= 11 is 0. The molecule has 1 aromatic carbocycles. The lowest BCUT2D eigenvalue weighted by atomic mass is 10.1. The van der Waals surface area contributed by atoms with E-state index in [2.05, 4.69) is 0 Å². The molecular formula is C12H13FN2O3. The first-order valence-electron chi connectivity index (χ1n) is 5.59. The number of anilines is 1. The highest BCUT2D eigenvalue weighted by molar-refractivity contribution is 5.97. The van der Waals surface area contributed by atoms with Crippen LogP contribution in [-0.4, -0.2) is 34.5 Å². The number of likely N-dealkylation sites (tertiary alicyclic amines) is 1. The lowest BCUT2D eigenvalue weighted by molar-refractivity contribution is -0.141. The van der Waals surface area contributed by atoms with Gasteiger partial charge < -0.3 is 15.7 Å². The van der Waals surface area contributed by atoms with Crippen molar-refractivity contribution in [3.8, 4) is 0 Å². The van der Waals surface area contributed by atoms with Crippen LogP contribution in [0.5, 0.6) is 0 Å². The predicted molar refractivity (Wildman–Crippen MR) is 62.5 cm³/mol. The molecule has 2 rings (SSSR count). The zero-order valence-electron chi connectivity index (χ0n) is 9.60. The second-order valence-electron chi connectivity index (χ2n) is 4.23. The summed E-state index contributed by atoms with van der Waals surface area (Å²) in [6.45, 7) is 0.377. The zero-order valence-corrected chi connectivity index (χ0v) is 9.60. The molecule has 0 aromatic heterocycles. The van der Waals surface area contributed by atoms with Gasteiger partial charge in [-0.25, -0.2) is 9.18 Å². The lowest BCUT2D eigenvalue weighted by Gasteiger charge is -2.21. The van der Waals surface area contributed by atoms with Crippen molar-refractivity contribution in [1.82, 2.24) is 4.90 Å². The van der Waals surface area contributed by atoms with Gasteiger partial charge in [0.1, 0.15) is 11.9 Å². The van der Waals surface area contributed by atoms with Crippen LogP contribution < -0.4 is 5.73 Å². The van der Waals surface area contributed by atoms with Crippen molar-refractivity contribution in [2.75, 3.05) is 12.3 Å². The minimum absolute atomic E-state index is 0.0391. The number of aliphatic carboxylic acids is 1. The monoisotopic (exact) mass is 252 g/mol. The molecule has 18 heavy (non-hydrogen) atoms. The zero-order chi connectivity index (χ0) is 13.3. The average molecular weight is 252 g/mol. The Bertz CT molecular complexity index is 504. The second-order valence-corrected chi connectivity index (χ2v) is 4.23. The molecule has 5 nitrogen and oxygen atoms in total. The van der Waals surface area contributed by atoms with E-state index >= 15 is 0 Å². The fraction of sp³-hybridized carbons (Fsp3) is 0.333. The van der Waals surface area contributed by atoms with Crippen LogP contribution in [0.2, 0.25) is 0 Å². The van der Waals surface area contributed by atoms with Gasteiger partial charge in [-0.3, -0.25) is 4.79 Å². The summed E-state index contributed by atoms with van der Waals surface area (Å²) in [6, 6.07) is 2.92. The Morgan fingerprint density at radius 3 is 2.78 bits per heavy atom. The summed E-state index contributed by atoms with van der Waals surface area (Å²) in [5.41, 5.74) is 5.40. The quantitative estimate of drug-likeness (QED) is 0.772. The van der Waals surface area contributed by atoms with Gasteiger partial charge in [-0.1, -0.05) is 0 Å². The number of carbonyl (C=O) groups excluding carboxylic acids is 1. The van der Waals surface area contributed by atoms with Gasteiger partial charge in [0.05, 0.1) is 5.69 Å². The number of nitrogens with two attached hydrogens (primary N) is 1. The molecule has 0 saturated carbocycles. The fourth-order valence-electron chi connectivity index (χ4n) is 2.09. The number of nitrogens with zero attached hydrogens (tertiary/aromatic N) is 1. The minimum Gasteiger partial charge on any atom is -0.480 e. The topological polar surface area (TPSA) is 83.6 Å². The molecule has 0 radical (unpaired) electrons. The third-order valence-electron chi connectivity index (χ3n) is 3.05. The van der Waals surface area contributed by atoms with Gasteiger partial charge in [0.2, 0.25) is 0 Å². The van der Waals surface area contributed by atoms with Gasteiger partial charge in [-0.2, -0.15) is 0 Å². The molecule has 1 heterocycles. The number of nitrogen functional groups attached to an aromatic ring is 1. The van der Waals surface area contributed by atoms with Crippen LogP contribution in [0.3, 0.4) is 0 Å². The summed E-state index contributed by atoms with van der Waals surface area (Å²) in [6.07, 6.45) is 1.07. The highest BCUT2D eigenvalue weighted by Gasteiger charge is 2.34. The molecule has 1 aromatic rings. The van der Waals surface area contributed by atoms with E-state index < -0.39 is 23.7 Å². The Kier molecular flexibility index (Phi) is 3.18. The highest BCUT2D eigenvalue weighted by Crippen LogP contribution is 2.21. The molecule has 1 aliphatic rings. The van der Waals surface area contributed by atoms with E-state index in [0.717, 1.165) is 6.07 Å². The summed E-state index contributed by atoms with van der Waals surface area (Å²) in [5, 5.41) is 8.99. The molecule has 1 amide bonds. The third-order valence-corrected chi connectivity index (χ3v) is 3.05. The molecule has 1 saturated heterocycles. The predicted octanol–water partition coefficient (Wildman–Crippen LogP) is 1.10. The Balaban J connectivity index is 2.25. The number of carboxylic acids is 1. The van der Waals surface area contributed by atoms with Crippen molar-refractivity contribution in [1.29, 1.82) is 0 Å². The smallest absolute Gasteiger partial charge is 0.326 e. The molecule has 6 heteroatoms. The maximum absolute atomic E-state index is 13.3. The van der Waals surface area contributed by atoms with Crippen LogP contribution in [0, 0.1) is 5.82 Å². The Labute approximate surface area is 103 Å². The van der Waals surface area contributed by atoms with E-state index in [1.54, 1.807) is 0 Å². The maximum Gasteiger partial charge on any atom is 0.326 e. The normalized spacial score (nSPS) is 18.9. The van der Waals surface area contributed by atoms with Crippen molar-refractivity contribution in [3.05, 3.63) is 29.6 Å². The Hall–Kier alpha value is -2.11. The number of hydrogen-bond acceptors (Lipinski definition) is 3. The van der Waals surface area contributed by atoms with E-state index in [1.165, 1.54) is 17.0 Å². The molecule has 96 valence electrons. The molecule has 1 aliphatic heterocycles. The molecule has 1 atom stereocenters. The van der Waals surface area contributed by atoms with Crippen molar-refractivity contribution in [3.63, 3.8) is 0 Å². The molecular weight excluding hydrogens is 239 g/mol. The van der Waals surface area contributed by atoms with E-state index in [1.807, 2.05) is 0 Å². The van der Waals surface area contributed by atoms with Gasteiger partial charge in [-0.15, -0.1) is 0 Å². The number of amides is 1. The number of carboxylic acid groups (broad SMARTS) is 1. The summed E-state index contributed by atoms with van der Waals surface area (Å²) in [4.78, 5) is 24.3. The molecule has 0 aliphatic carbocycles. The molecule has 0 bridgehead atoms. The van der Waals surface area contributed by atoms with Crippen LogP contribution in [0.1, 0.15) is 23.2 Å². The Morgan fingerprint density at radius 1 is 1.44 bits per heavy atom. The average Bonchev–Trinajstić information content (AvgIpc) is 2.81. The summed E-state index contributed by atoms with van der Waals surface area (Å²) in [7, 11) is 0. The molecule has 0 unspecified atom stereocenters. The first-order chi connectivity index (χ1) is 8.50. The van der Waals surface area contributed by atoms with Gasteiger partial charge in [0.15, 0.2) is 0 Å². The van der Waals surface area contributed by atoms with Crippen molar-refractivity contribution >= 4 is 17.6 Å². The van der Waals surface area contributed by atoms with Crippen molar-refractivity contribution in [2.45, 2.75) is 18.9 Å². The van der Waals surface area contributed by atoms with Crippen molar-refractivity contribution in [2.24, 2.45) is 0 Å². The van der Waals surface area contributed by atoms with Gasteiger partial charge in [-0.05, 0) is 31.0 Å². The largest absolute Gasteiger partial charge is 0.480 e. The van der Waals surface area contributed by atoms with Gasteiger partial charge in [0, 0.05) is 12.1 Å². The number of benzene rings is 1. The fourth-order valence-corrected chi connectivity index (χ4v) is 2.09. The lowest BCUT2D eigenvalue weighted by Crippen LogP contribution is -2.40. The number of halogens is 1. The van der Waals surface area contributed by atoms with Crippen LogP contribution >= 0.6 is 0 Å². The number of carbonyl (C=O) groups is 2. The summed E-state index contributed by atoms with van der Waals surface area (Å²) < 4.78 is 13.3. The van der Waals surface area contributed by atoms with Gasteiger partial charge >= 0.3 is 5.97 Å². The molecule has 3 N–H and O–H groups in total. The van der Waals surface area contributed by atoms with E-state index in [9.17, 15) is 14.0 Å². The second kappa shape index (κ2) is 4.64. The van der Waals surface area contributed by atoms with Gasteiger partial charge in [0.25, 0.3) is 5.91 Å². The van der Waals surface area contributed by atoms with Crippen LogP contribution in [-0.2, 0) is 4.79 Å².